The normalized spacial score (nSPS) is 13.2. The van der Waals surface area contributed by atoms with Gasteiger partial charge in [-0.15, -0.1) is 24.0 Å². The van der Waals surface area contributed by atoms with Gasteiger partial charge >= 0.3 is 0 Å². The average molecular weight is 718 g/mol. The van der Waals surface area contributed by atoms with E-state index in [1.807, 2.05) is 72.3 Å². The minimum atomic E-state index is 0.354. The van der Waals surface area contributed by atoms with Crippen LogP contribution in [0.3, 0.4) is 0 Å². The molecule has 258 valence electrons. The molecule has 3 heterocycles. The van der Waals surface area contributed by atoms with Crippen LogP contribution >= 0.6 is 24.0 Å². The molecule has 0 amide bonds. The highest BCUT2D eigenvalue weighted by molar-refractivity contribution is 7.85. The molecule has 1 atom stereocenters. The van der Waals surface area contributed by atoms with Crippen molar-refractivity contribution in [3.63, 3.8) is 0 Å². The topological polar surface area (TPSA) is 90.4 Å². The summed E-state index contributed by atoms with van der Waals surface area (Å²) in [7, 11) is 1.96. The molecule has 0 aliphatic rings. The van der Waals surface area contributed by atoms with E-state index >= 15 is 0 Å². The molecule has 0 saturated carbocycles. The number of nitrogens with one attached hydrogen (secondary N) is 1. The molecule has 6 nitrogen and oxygen atoms in total. The second-order valence-electron chi connectivity index (χ2n) is 13.1. The van der Waals surface area contributed by atoms with Crippen LogP contribution in [0.15, 0.2) is 102 Å². The highest BCUT2D eigenvalue weighted by Crippen LogP contribution is 2.36. The first-order valence-electron chi connectivity index (χ1n) is 17.6. The van der Waals surface area contributed by atoms with Crippen molar-refractivity contribution >= 4 is 66.9 Å². The number of rotatable bonds is 11. The molecule has 0 fully saturated rings. The monoisotopic (exact) mass is 717 g/mol. The van der Waals surface area contributed by atoms with E-state index in [0.717, 1.165) is 72.9 Å². The number of allylic oxidation sites excluding steroid dienone is 1. The van der Waals surface area contributed by atoms with Crippen LogP contribution in [0.25, 0.3) is 65.4 Å². The van der Waals surface area contributed by atoms with Crippen molar-refractivity contribution in [2.75, 3.05) is 6.61 Å². The molecule has 52 heavy (non-hydrogen) atoms. The first kappa shape index (κ1) is 34.9. The highest BCUT2D eigenvalue weighted by Gasteiger charge is 2.25. The number of nitrogens with zero attached hydrogens (tertiary/aromatic N) is 4. The van der Waals surface area contributed by atoms with Crippen molar-refractivity contribution in [2.45, 2.75) is 39.5 Å². The third kappa shape index (κ3) is 6.30. The largest absolute Gasteiger partial charge is 0.493 e. The number of H-pyrrole nitrogens is 1. The van der Waals surface area contributed by atoms with Gasteiger partial charge in [0.25, 0.3) is 0 Å². The molecule has 7 aromatic rings. The van der Waals surface area contributed by atoms with Crippen molar-refractivity contribution in [1.82, 2.24) is 14.5 Å². The number of aromatic nitrogens is 3. The zero-order valence-electron chi connectivity index (χ0n) is 29.5. The van der Waals surface area contributed by atoms with Gasteiger partial charge < -0.3 is 14.3 Å². The van der Waals surface area contributed by atoms with Gasteiger partial charge in [0, 0.05) is 28.1 Å². The summed E-state index contributed by atoms with van der Waals surface area (Å²) in [5, 5.41) is 27.2. The molecule has 0 aliphatic carbocycles. The van der Waals surface area contributed by atoms with Crippen LogP contribution in [0.4, 0.5) is 0 Å². The number of thiazole rings is 1. The van der Waals surface area contributed by atoms with Gasteiger partial charge in [-0.05, 0) is 59.2 Å². The fraction of sp³-hybridized carbons (Fsp3) is 0.205. The molecule has 8 heteroatoms. The van der Waals surface area contributed by atoms with Gasteiger partial charge in [-0.25, -0.2) is 4.98 Å². The molecule has 0 bridgehead atoms. The summed E-state index contributed by atoms with van der Waals surface area (Å²) in [5.41, 5.74) is 5.10. The molecule has 4 aromatic carbocycles. The summed E-state index contributed by atoms with van der Waals surface area (Å²) < 4.78 is 9.34. The predicted octanol–water partition coefficient (Wildman–Crippen LogP) is 10.0. The first-order chi connectivity index (χ1) is 25.4. The van der Waals surface area contributed by atoms with Gasteiger partial charge in [0.1, 0.15) is 28.5 Å². The third-order valence-corrected chi connectivity index (χ3v) is 11.2. The van der Waals surface area contributed by atoms with Gasteiger partial charge in [0.15, 0.2) is 0 Å². The van der Waals surface area contributed by atoms with Gasteiger partial charge in [0.2, 0.25) is 0 Å². The Morgan fingerprint density at radius 3 is 2.38 bits per heavy atom. The van der Waals surface area contributed by atoms with Crippen LogP contribution in [-0.2, 0) is 7.05 Å². The van der Waals surface area contributed by atoms with Crippen LogP contribution in [0.1, 0.15) is 44.5 Å². The van der Waals surface area contributed by atoms with Gasteiger partial charge in [-0.2, -0.15) is 10.5 Å². The van der Waals surface area contributed by atoms with E-state index in [4.69, 9.17) is 9.72 Å². The summed E-state index contributed by atoms with van der Waals surface area (Å²) in [6, 6.07) is 35.3. The van der Waals surface area contributed by atoms with Crippen LogP contribution in [-0.4, -0.2) is 21.1 Å². The Kier molecular flexibility index (Phi) is 10.0. The maximum atomic E-state index is 11.0. The average Bonchev–Trinajstić information content (AvgIpc) is 3.85. The minimum absolute atomic E-state index is 0.354. The molecule has 0 saturated heterocycles. The summed E-state index contributed by atoms with van der Waals surface area (Å²) in [5.74, 6) is 1.32. The fourth-order valence-corrected chi connectivity index (χ4v) is 8.37. The SMILES string of the molecule is C=C(S)/C(C#N)=c1/c2c(-c3ccccc3)[nH]/c(=C(/C#N)c3nc4ccc5ccccc5c4s3)c2c(-c2ccc(OCC(CC)CCCC)cc2)n1C. The van der Waals surface area contributed by atoms with Crippen LogP contribution < -0.4 is 15.4 Å². The zero-order valence-corrected chi connectivity index (χ0v) is 31.2. The zero-order chi connectivity index (χ0) is 36.4. The van der Waals surface area contributed by atoms with Crippen molar-refractivity contribution in [1.29, 1.82) is 10.5 Å². The quantitative estimate of drug-likeness (QED) is 0.130. The molecular formula is C44H39N5OS2. The van der Waals surface area contributed by atoms with E-state index in [-0.39, 0.29) is 0 Å². The Morgan fingerprint density at radius 1 is 0.942 bits per heavy atom. The lowest BCUT2D eigenvalue weighted by Gasteiger charge is -2.16. The Hall–Kier alpha value is -5.54. The molecule has 0 radical (unpaired) electrons. The van der Waals surface area contributed by atoms with Crippen molar-refractivity contribution < 1.29 is 4.74 Å². The Balaban J connectivity index is 1.53. The van der Waals surface area contributed by atoms with E-state index in [9.17, 15) is 10.5 Å². The Bertz CT molecular complexity index is 2670. The van der Waals surface area contributed by atoms with Gasteiger partial charge in [0.05, 0.1) is 44.5 Å². The number of benzene rings is 4. The maximum Gasteiger partial charge on any atom is 0.137 e. The predicted molar refractivity (Wildman–Crippen MR) is 219 cm³/mol. The van der Waals surface area contributed by atoms with E-state index in [2.05, 4.69) is 80.5 Å². The molecule has 1 unspecified atom stereocenters. The number of hydrogen-bond donors (Lipinski definition) is 2. The van der Waals surface area contributed by atoms with Crippen molar-refractivity contribution in [2.24, 2.45) is 13.0 Å². The highest BCUT2D eigenvalue weighted by atomic mass is 32.1. The fourth-order valence-electron chi connectivity index (χ4n) is 7.11. The summed E-state index contributed by atoms with van der Waals surface area (Å²) in [6.07, 6.45) is 4.62. The van der Waals surface area contributed by atoms with Crippen molar-refractivity contribution in [3.05, 3.63) is 118 Å². The lowest BCUT2D eigenvalue weighted by atomic mass is 10.0. The van der Waals surface area contributed by atoms with E-state index < -0.39 is 0 Å². The van der Waals surface area contributed by atoms with Crippen molar-refractivity contribution in [3.8, 4) is 40.4 Å². The number of unbranched alkanes of at least 4 members (excludes halogenated alkanes) is 1. The lowest BCUT2D eigenvalue weighted by Crippen LogP contribution is -2.18. The number of ether oxygens (including phenoxy) is 1. The van der Waals surface area contributed by atoms with Gasteiger partial charge in [-0.3, -0.25) is 0 Å². The van der Waals surface area contributed by atoms with E-state index in [0.29, 0.717) is 44.3 Å². The number of thiol groups is 1. The first-order valence-corrected chi connectivity index (χ1v) is 18.9. The molecule has 3 aromatic heterocycles. The second-order valence-corrected chi connectivity index (χ2v) is 14.6. The van der Waals surface area contributed by atoms with Crippen LogP contribution in [0, 0.1) is 28.6 Å². The molecular weight excluding hydrogens is 679 g/mol. The maximum absolute atomic E-state index is 11.0. The number of hydrogen-bond acceptors (Lipinski definition) is 6. The molecule has 0 spiro atoms. The summed E-state index contributed by atoms with van der Waals surface area (Å²) >= 11 is 6.09. The summed E-state index contributed by atoms with van der Waals surface area (Å²) in [4.78, 5) is 9.05. The second kappa shape index (κ2) is 15.0. The van der Waals surface area contributed by atoms with Crippen LogP contribution in [0.5, 0.6) is 5.75 Å². The lowest BCUT2D eigenvalue weighted by molar-refractivity contribution is 0.233. The van der Waals surface area contributed by atoms with E-state index in [1.54, 1.807) is 0 Å². The number of fused-ring (bicyclic) bond motifs is 4. The third-order valence-electron chi connectivity index (χ3n) is 9.86. The standard InChI is InChI=1S/C44H39N5OS2/c1-5-7-13-28(6-2)26-50-32-21-18-31(19-22-32)41-38-37(42(49(41)4)34(24-45)27(3)51)39(30-15-9-8-10-16-30)48-40(38)35(25-46)44-47-36-23-20-29-14-11-12-17-33(29)43(36)52-44/h8-12,14-23,28,48,51H,3,5-7,13,26H2,1-2,4H3/b40-35-,42-34-. The Labute approximate surface area is 313 Å². The minimum Gasteiger partial charge on any atom is -0.493 e. The molecule has 1 N–H and O–H groups in total. The van der Waals surface area contributed by atoms with Crippen LogP contribution in [0.2, 0.25) is 0 Å². The number of nitriles is 2. The Morgan fingerprint density at radius 2 is 1.69 bits per heavy atom. The van der Waals surface area contributed by atoms with E-state index in [1.165, 1.54) is 24.2 Å². The molecule has 7 rings (SSSR count). The smallest absolute Gasteiger partial charge is 0.137 e. The van der Waals surface area contributed by atoms with Gasteiger partial charge in [-0.1, -0.05) is 100 Å². The number of aromatic amines is 1. The summed E-state index contributed by atoms with van der Waals surface area (Å²) in [6.45, 7) is 9.18. The molecule has 0 aliphatic heterocycles.